The highest BCUT2D eigenvalue weighted by molar-refractivity contribution is 5.79. The first kappa shape index (κ1) is 7.52. The van der Waals surface area contributed by atoms with Crippen LogP contribution >= 0.6 is 0 Å². The van der Waals surface area contributed by atoms with Gasteiger partial charge in [-0.2, -0.15) is 0 Å². The molecular weight excluding hydrogens is 124 g/mol. The summed E-state index contributed by atoms with van der Waals surface area (Å²) in [5, 5.41) is 0. The van der Waals surface area contributed by atoms with Crippen molar-refractivity contribution in [1.82, 2.24) is 0 Å². The topological polar surface area (TPSA) is 17.1 Å². The molecule has 1 atom stereocenters. The van der Waals surface area contributed by atoms with Crippen molar-refractivity contribution in [3.8, 4) is 0 Å². The minimum atomic E-state index is 0.265. The van der Waals surface area contributed by atoms with Gasteiger partial charge in [0.1, 0.15) is 5.78 Å². The monoisotopic (exact) mass is 136 g/mol. The van der Waals surface area contributed by atoms with Crippen LogP contribution in [0.4, 0.5) is 0 Å². The zero-order valence-electron chi connectivity index (χ0n) is 6.10. The number of rotatable bonds is 1. The first-order valence-corrected chi connectivity index (χ1v) is 3.66. The number of hydrogen-bond acceptors (Lipinski definition) is 1. The highest BCUT2D eigenvalue weighted by Gasteiger charge is 2.19. The molecule has 0 aromatic carbocycles. The molecule has 0 bridgehead atoms. The van der Waals surface area contributed by atoms with Crippen LogP contribution in [0.25, 0.3) is 0 Å². The summed E-state index contributed by atoms with van der Waals surface area (Å²) in [4.78, 5) is 10.9. The Morgan fingerprint density at radius 1 is 1.70 bits per heavy atom. The van der Waals surface area contributed by atoms with Gasteiger partial charge in [0, 0.05) is 12.8 Å². The summed E-state index contributed by atoms with van der Waals surface area (Å²) in [6.07, 6.45) is 3.39. The molecule has 1 unspecified atom stereocenters. The largest absolute Gasteiger partial charge is 0.300 e. The molecule has 54 valence electrons. The van der Waals surface area contributed by atoms with Crippen molar-refractivity contribution < 1.29 is 4.79 Å². The molecule has 0 spiro atoms. The lowest BCUT2D eigenvalue weighted by atomic mass is 9.84. The summed E-state index contributed by atoms with van der Waals surface area (Å²) < 4.78 is 0. The van der Waals surface area contributed by atoms with E-state index in [-0.39, 0.29) is 5.92 Å². The Bertz CT molecular complexity index is 156. The van der Waals surface area contributed by atoms with E-state index in [0.29, 0.717) is 17.8 Å². The maximum absolute atomic E-state index is 10.9. The fourth-order valence-electron chi connectivity index (χ4n) is 1.34. The van der Waals surface area contributed by atoms with Crippen LogP contribution in [0, 0.1) is 12.8 Å². The van der Waals surface area contributed by atoms with Crippen LogP contribution in [0.3, 0.4) is 0 Å². The zero-order valence-corrected chi connectivity index (χ0v) is 6.10. The first-order valence-electron chi connectivity index (χ1n) is 3.66. The zero-order chi connectivity index (χ0) is 7.56. The molecule has 0 amide bonds. The molecule has 1 aliphatic rings. The van der Waals surface area contributed by atoms with Gasteiger partial charge in [0.25, 0.3) is 0 Å². The fraction of sp³-hybridized carbons (Fsp3) is 0.556. The quantitative estimate of drug-likeness (QED) is 0.539. The van der Waals surface area contributed by atoms with Crippen LogP contribution in [0.1, 0.15) is 25.7 Å². The Morgan fingerprint density at radius 2 is 2.40 bits per heavy atom. The van der Waals surface area contributed by atoms with Crippen molar-refractivity contribution in [2.24, 2.45) is 5.92 Å². The predicted molar refractivity (Wildman–Crippen MR) is 40.4 cm³/mol. The molecule has 2 radical (unpaired) electrons. The van der Waals surface area contributed by atoms with E-state index in [1.807, 2.05) is 0 Å². The van der Waals surface area contributed by atoms with Gasteiger partial charge in [-0.15, -0.1) is 0 Å². The standard InChI is InChI=1S/C9H12O/c1-7(2)8-4-3-5-9(10)6-8/h1,8H,2-6H2. The molecule has 1 rings (SSSR count). The second-order valence-electron chi connectivity index (χ2n) is 2.91. The Morgan fingerprint density at radius 3 is 2.80 bits per heavy atom. The molecule has 1 saturated carbocycles. The average molecular weight is 136 g/mol. The third-order valence-electron chi connectivity index (χ3n) is 2.01. The summed E-state index contributed by atoms with van der Waals surface area (Å²) in [5.41, 5.74) is 0.674. The maximum atomic E-state index is 10.9. The van der Waals surface area contributed by atoms with Gasteiger partial charge in [0.15, 0.2) is 0 Å². The van der Waals surface area contributed by atoms with E-state index in [0.717, 1.165) is 19.3 Å². The van der Waals surface area contributed by atoms with Gasteiger partial charge in [-0.1, -0.05) is 12.2 Å². The molecule has 0 heterocycles. The minimum absolute atomic E-state index is 0.265. The molecule has 10 heavy (non-hydrogen) atoms. The van der Waals surface area contributed by atoms with Crippen molar-refractivity contribution in [1.29, 1.82) is 0 Å². The van der Waals surface area contributed by atoms with Crippen molar-refractivity contribution >= 4 is 5.78 Å². The van der Waals surface area contributed by atoms with E-state index >= 15 is 0 Å². The molecule has 1 aliphatic carbocycles. The van der Waals surface area contributed by atoms with E-state index in [1.165, 1.54) is 0 Å². The number of carbonyl (C=O) groups is 1. The number of hydrogen-bond donors (Lipinski definition) is 0. The smallest absolute Gasteiger partial charge is 0.133 e. The summed E-state index contributed by atoms with van der Waals surface area (Å²) in [6.45, 7) is 9.12. The predicted octanol–water partition coefficient (Wildman–Crippen LogP) is 2.01. The molecule has 0 aliphatic heterocycles. The highest BCUT2D eigenvalue weighted by atomic mass is 16.1. The molecule has 0 saturated heterocycles. The van der Waals surface area contributed by atoms with Crippen molar-refractivity contribution in [3.63, 3.8) is 0 Å². The van der Waals surface area contributed by atoms with Gasteiger partial charge in [-0.3, -0.25) is 4.79 Å². The van der Waals surface area contributed by atoms with E-state index in [4.69, 9.17) is 6.92 Å². The number of carbonyl (C=O) groups excluding carboxylic acids is 1. The molecule has 1 heteroatoms. The average Bonchev–Trinajstić information content (AvgIpc) is 1.88. The van der Waals surface area contributed by atoms with Gasteiger partial charge >= 0.3 is 0 Å². The van der Waals surface area contributed by atoms with Crippen molar-refractivity contribution in [2.45, 2.75) is 25.7 Å². The molecule has 0 aromatic rings. The number of allylic oxidation sites excluding steroid dienone is 1. The fourth-order valence-corrected chi connectivity index (χ4v) is 1.34. The molecular formula is C9H12O. The SMILES string of the molecule is [CH]C(=C)C1CCCC(=O)C1. The Balaban J connectivity index is 2.47. The van der Waals surface area contributed by atoms with Crippen molar-refractivity contribution in [2.75, 3.05) is 0 Å². The van der Waals surface area contributed by atoms with Crippen LogP contribution in [-0.4, -0.2) is 5.78 Å². The third-order valence-corrected chi connectivity index (χ3v) is 2.01. The van der Waals surface area contributed by atoms with E-state index < -0.39 is 0 Å². The normalized spacial score (nSPS) is 26.5. The second-order valence-corrected chi connectivity index (χ2v) is 2.91. The Kier molecular flexibility index (Phi) is 2.25. The molecule has 1 nitrogen and oxygen atoms in total. The van der Waals surface area contributed by atoms with Gasteiger partial charge in [0.2, 0.25) is 0 Å². The summed E-state index contributed by atoms with van der Waals surface area (Å²) in [7, 11) is 0. The Hall–Kier alpha value is -0.590. The van der Waals surface area contributed by atoms with Gasteiger partial charge in [-0.25, -0.2) is 0 Å². The second kappa shape index (κ2) is 3.00. The minimum Gasteiger partial charge on any atom is -0.300 e. The highest BCUT2D eigenvalue weighted by Crippen LogP contribution is 2.25. The molecule has 0 N–H and O–H groups in total. The lowest BCUT2D eigenvalue weighted by Gasteiger charge is -2.20. The van der Waals surface area contributed by atoms with Crippen LogP contribution in [0.5, 0.6) is 0 Å². The van der Waals surface area contributed by atoms with E-state index in [9.17, 15) is 4.79 Å². The van der Waals surface area contributed by atoms with E-state index in [2.05, 4.69) is 6.58 Å². The van der Waals surface area contributed by atoms with E-state index in [1.54, 1.807) is 0 Å². The summed E-state index contributed by atoms with van der Waals surface area (Å²) >= 11 is 0. The van der Waals surface area contributed by atoms with Gasteiger partial charge in [0.05, 0.1) is 0 Å². The van der Waals surface area contributed by atoms with Gasteiger partial charge < -0.3 is 0 Å². The first-order chi connectivity index (χ1) is 4.70. The molecule has 0 aromatic heterocycles. The lowest BCUT2D eigenvalue weighted by Crippen LogP contribution is -2.15. The third kappa shape index (κ3) is 1.69. The van der Waals surface area contributed by atoms with Crippen LogP contribution in [0.15, 0.2) is 12.2 Å². The number of ketones is 1. The van der Waals surface area contributed by atoms with Crippen LogP contribution < -0.4 is 0 Å². The van der Waals surface area contributed by atoms with Crippen LogP contribution in [0.2, 0.25) is 0 Å². The number of Topliss-reactive ketones (excluding diaryl/α,β-unsaturated/α-hetero) is 1. The van der Waals surface area contributed by atoms with Crippen molar-refractivity contribution in [3.05, 3.63) is 19.1 Å². The summed E-state index contributed by atoms with van der Waals surface area (Å²) in [6, 6.07) is 0. The van der Waals surface area contributed by atoms with Crippen LogP contribution in [-0.2, 0) is 4.79 Å². The summed E-state index contributed by atoms with van der Waals surface area (Å²) in [5.74, 6) is 0.601. The molecule has 1 fully saturated rings. The lowest BCUT2D eigenvalue weighted by molar-refractivity contribution is -0.121. The Labute approximate surface area is 62.1 Å². The maximum Gasteiger partial charge on any atom is 0.133 e. The van der Waals surface area contributed by atoms with Gasteiger partial charge in [-0.05, 0) is 25.7 Å².